The quantitative estimate of drug-likeness (QED) is 0.457. The van der Waals surface area contributed by atoms with Crippen molar-refractivity contribution in [2.75, 3.05) is 6.54 Å². The zero-order valence-corrected chi connectivity index (χ0v) is 19.2. The second kappa shape index (κ2) is 11.3. The maximum Gasteiger partial charge on any atom is 0.305 e. The Morgan fingerprint density at radius 2 is 1.81 bits per heavy atom. The van der Waals surface area contributed by atoms with E-state index in [1.54, 1.807) is 19.9 Å². The summed E-state index contributed by atoms with van der Waals surface area (Å²) >= 11 is 12.2. The van der Waals surface area contributed by atoms with Gasteiger partial charge in [-0.25, -0.2) is 0 Å². The van der Waals surface area contributed by atoms with Gasteiger partial charge < -0.3 is 25.4 Å². The average molecular weight is 486 g/mol. The number of halogens is 2. The Balaban J connectivity index is 2.17. The molecule has 174 valence electrons. The summed E-state index contributed by atoms with van der Waals surface area (Å²) in [6.45, 7) is 3.78. The number of carbonyl (C=O) groups excluding carboxylic acids is 4. The number of hydrogen-bond donors (Lipinski definition) is 3. The van der Waals surface area contributed by atoms with Crippen molar-refractivity contribution in [3.8, 4) is 0 Å². The van der Waals surface area contributed by atoms with E-state index in [1.807, 2.05) is 0 Å². The van der Waals surface area contributed by atoms with E-state index in [4.69, 9.17) is 28.3 Å². The molecule has 1 aliphatic heterocycles. The molecular weight excluding hydrogens is 461 g/mol. The Bertz CT molecular complexity index is 887. The third-order valence-electron chi connectivity index (χ3n) is 5.13. The van der Waals surface area contributed by atoms with Crippen LogP contribution in [0.3, 0.4) is 0 Å². The first-order valence-corrected chi connectivity index (χ1v) is 10.8. The van der Waals surface area contributed by atoms with Crippen molar-refractivity contribution in [2.45, 2.75) is 51.2 Å². The minimum Gasteiger partial charge on any atom is -0.481 e. The molecule has 9 nitrogen and oxygen atoms in total. The van der Waals surface area contributed by atoms with Crippen LogP contribution in [0.5, 0.6) is 0 Å². The van der Waals surface area contributed by atoms with Crippen LogP contribution in [0.4, 0.5) is 0 Å². The molecule has 3 N–H and O–H groups in total. The molecule has 2 rings (SSSR count). The number of aliphatic carboxylic acids is 1. The van der Waals surface area contributed by atoms with E-state index in [2.05, 4.69) is 10.6 Å². The first-order chi connectivity index (χ1) is 15.1. The fraction of sp³-hybridized carbons (Fsp3) is 0.476. The van der Waals surface area contributed by atoms with Crippen molar-refractivity contribution in [3.63, 3.8) is 0 Å². The molecule has 1 fully saturated rings. The normalized spacial score (nSPS) is 17.5. The second-order valence-electron chi connectivity index (χ2n) is 7.83. The second-order valence-corrected chi connectivity index (χ2v) is 8.64. The lowest BCUT2D eigenvalue weighted by atomic mass is 10.0. The Labute approximate surface area is 195 Å². The summed E-state index contributed by atoms with van der Waals surface area (Å²) in [5.74, 6) is -3.24. The molecule has 0 unspecified atom stereocenters. The standard InChI is InChI=1S/C21H25Cl2N3O6/c1-11(2)18(25-20(31)17-13(22)5-3-6-14(17)23)21(32)26-8-4-7-15(26)19(30)24-12(10-27)9-16(28)29/h3,5-6,10-12,15,18H,4,7-9H2,1-2H3,(H,24,30)(H,25,31)(H,28,29)/t12-,15-,18-/m0/s1. The lowest BCUT2D eigenvalue weighted by Crippen LogP contribution is -2.56. The molecule has 1 saturated heterocycles. The predicted octanol–water partition coefficient (Wildman–Crippen LogP) is 1.90. The van der Waals surface area contributed by atoms with E-state index in [0.29, 0.717) is 19.1 Å². The predicted molar refractivity (Wildman–Crippen MR) is 118 cm³/mol. The number of nitrogens with one attached hydrogen (secondary N) is 2. The Morgan fingerprint density at radius 1 is 1.19 bits per heavy atom. The summed E-state index contributed by atoms with van der Waals surface area (Å²) in [5, 5.41) is 14.2. The van der Waals surface area contributed by atoms with Gasteiger partial charge >= 0.3 is 5.97 Å². The molecule has 1 aliphatic rings. The van der Waals surface area contributed by atoms with Crippen LogP contribution in [0.2, 0.25) is 10.0 Å². The minimum absolute atomic E-state index is 0.0486. The average Bonchev–Trinajstić information content (AvgIpc) is 3.20. The smallest absolute Gasteiger partial charge is 0.305 e. The van der Waals surface area contributed by atoms with E-state index < -0.39 is 48.2 Å². The number of carboxylic acids is 1. The van der Waals surface area contributed by atoms with Crippen LogP contribution in [-0.4, -0.2) is 64.7 Å². The van der Waals surface area contributed by atoms with Crippen molar-refractivity contribution >= 4 is 53.2 Å². The van der Waals surface area contributed by atoms with Gasteiger partial charge in [-0.15, -0.1) is 0 Å². The Morgan fingerprint density at radius 3 is 2.34 bits per heavy atom. The lowest BCUT2D eigenvalue weighted by Gasteiger charge is -2.31. The molecule has 0 spiro atoms. The maximum atomic E-state index is 13.3. The number of benzene rings is 1. The molecule has 3 atom stereocenters. The fourth-order valence-electron chi connectivity index (χ4n) is 3.52. The minimum atomic E-state index is -1.23. The molecule has 3 amide bonds. The van der Waals surface area contributed by atoms with Gasteiger partial charge in [0.2, 0.25) is 11.8 Å². The highest BCUT2D eigenvalue weighted by atomic mass is 35.5. The Hall–Kier alpha value is -2.65. The molecule has 0 aliphatic carbocycles. The van der Waals surface area contributed by atoms with Crippen LogP contribution in [0.1, 0.15) is 43.5 Å². The largest absolute Gasteiger partial charge is 0.481 e. The summed E-state index contributed by atoms with van der Waals surface area (Å²) in [6, 6.07) is 1.59. The number of nitrogens with zero attached hydrogens (tertiary/aromatic N) is 1. The number of carbonyl (C=O) groups is 5. The SMILES string of the molecule is CC(C)[C@H](NC(=O)c1c(Cl)cccc1Cl)C(=O)N1CCC[C@H]1C(=O)N[C@H](C=O)CC(=O)O. The summed E-state index contributed by atoms with van der Waals surface area (Å²) in [4.78, 5) is 62.0. The topological polar surface area (TPSA) is 133 Å². The van der Waals surface area contributed by atoms with Gasteiger partial charge in [0.05, 0.1) is 28.1 Å². The number of aldehydes is 1. The third kappa shape index (κ3) is 6.20. The summed E-state index contributed by atoms with van der Waals surface area (Å²) in [7, 11) is 0. The van der Waals surface area contributed by atoms with E-state index in [0.717, 1.165) is 0 Å². The summed E-state index contributed by atoms with van der Waals surface area (Å²) in [5.41, 5.74) is 0.0486. The van der Waals surface area contributed by atoms with E-state index in [-0.39, 0.29) is 28.1 Å². The molecule has 11 heteroatoms. The van der Waals surface area contributed by atoms with Crippen LogP contribution in [0.15, 0.2) is 18.2 Å². The van der Waals surface area contributed by atoms with Crippen LogP contribution in [0, 0.1) is 5.92 Å². The van der Waals surface area contributed by atoms with E-state index >= 15 is 0 Å². The number of likely N-dealkylation sites (tertiary alicyclic amines) is 1. The molecule has 0 aromatic heterocycles. The molecule has 0 saturated carbocycles. The van der Waals surface area contributed by atoms with Gasteiger partial charge in [-0.3, -0.25) is 19.2 Å². The summed E-state index contributed by atoms with van der Waals surface area (Å²) < 4.78 is 0. The monoisotopic (exact) mass is 485 g/mol. The van der Waals surface area contributed by atoms with E-state index in [1.165, 1.54) is 17.0 Å². The van der Waals surface area contributed by atoms with Crippen molar-refractivity contribution in [1.29, 1.82) is 0 Å². The molecule has 1 heterocycles. The number of amides is 3. The molecule has 1 aromatic carbocycles. The molecular formula is C21H25Cl2N3O6. The number of carboxylic acid groups (broad SMARTS) is 1. The van der Waals surface area contributed by atoms with Crippen LogP contribution in [-0.2, 0) is 19.2 Å². The lowest BCUT2D eigenvalue weighted by molar-refractivity contribution is -0.142. The highest BCUT2D eigenvalue weighted by Gasteiger charge is 2.39. The Kier molecular flexibility index (Phi) is 9.03. The molecule has 0 bridgehead atoms. The van der Waals surface area contributed by atoms with Gasteiger partial charge in [-0.1, -0.05) is 43.1 Å². The number of hydrogen-bond acceptors (Lipinski definition) is 5. The molecule has 1 aromatic rings. The van der Waals surface area contributed by atoms with Gasteiger partial charge in [0.15, 0.2) is 0 Å². The molecule has 0 radical (unpaired) electrons. The van der Waals surface area contributed by atoms with Crippen molar-refractivity contribution in [1.82, 2.24) is 15.5 Å². The van der Waals surface area contributed by atoms with E-state index in [9.17, 15) is 24.0 Å². The number of rotatable bonds is 9. The van der Waals surface area contributed by atoms with Crippen LogP contribution < -0.4 is 10.6 Å². The van der Waals surface area contributed by atoms with Gasteiger partial charge in [0.25, 0.3) is 5.91 Å². The van der Waals surface area contributed by atoms with Crippen molar-refractivity contribution < 1.29 is 29.1 Å². The third-order valence-corrected chi connectivity index (χ3v) is 5.76. The van der Waals surface area contributed by atoms with Gasteiger partial charge in [0, 0.05) is 6.54 Å². The van der Waals surface area contributed by atoms with Crippen LogP contribution >= 0.6 is 23.2 Å². The zero-order valence-electron chi connectivity index (χ0n) is 17.6. The van der Waals surface area contributed by atoms with Gasteiger partial charge in [-0.05, 0) is 30.9 Å². The highest BCUT2D eigenvalue weighted by molar-refractivity contribution is 6.39. The van der Waals surface area contributed by atoms with Gasteiger partial charge in [-0.2, -0.15) is 0 Å². The first kappa shape index (κ1) is 25.6. The summed E-state index contributed by atoms with van der Waals surface area (Å²) in [6.07, 6.45) is 0.686. The van der Waals surface area contributed by atoms with Crippen molar-refractivity contribution in [2.24, 2.45) is 5.92 Å². The van der Waals surface area contributed by atoms with Crippen molar-refractivity contribution in [3.05, 3.63) is 33.8 Å². The van der Waals surface area contributed by atoms with Crippen LogP contribution in [0.25, 0.3) is 0 Å². The fourth-order valence-corrected chi connectivity index (χ4v) is 4.09. The molecule has 32 heavy (non-hydrogen) atoms. The highest BCUT2D eigenvalue weighted by Crippen LogP contribution is 2.25. The first-order valence-electron chi connectivity index (χ1n) is 10.1. The van der Waals surface area contributed by atoms with Gasteiger partial charge in [0.1, 0.15) is 18.4 Å². The zero-order chi connectivity index (χ0) is 24.0. The maximum absolute atomic E-state index is 13.3.